The summed E-state index contributed by atoms with van der Waals surface area (Å²) in [5.41, 5.74) is 13.1. The summed E-state index contributed by atoms with van der Waals surface area (Å²) in [6.07, 6.45) is 4.44. The summed E-state index contributed by atoms with van der Waals surface area (Å²) in [6, 6.07) is 1.79. The second kappa shape index (κ2) is 4.22. The van der Waals surface area contributed by atoms with E-state index in [0.29, 0.717) is 11.4 Å². The van der Waals surface area contributed by atoms with Gasteiger partial charge in [0.2, 0.25) is 0 Å². The molecule has 0 bridgehead atoms. The summed E-state index contributed by atoms with van der Waals surface area (Å²) in [7, 11) is 0. The Morgan fingerprint density at radius 1 is 1.50 bits per heavy atom. The van der Waals surface area contributed by atoms with Crippen LogP contribution in [-0.2, 0) is 0 Å². The van der Waals surface area contributed by atoms with Gasteiger partial charge in [0.05, 0.1) is 5.56 Å². The summed E-state index contributed by atoms with van der Waals surface area (Å²) < 4.78 is 0. The molecule has 1 fully saturated rings. The molecule has 0 radical (unpaired) electrons. The van der Waals surface area contributed by atoms with Crippen LogP contribution in [0.2, 0.25) is 0 Å². The fourth-order valence-electron chi connectivity index (χ4n) is 2.40. The molecule has 1 aliphatic carbocycles. The van der Waals surface area contributed by atoms with E-state index in [1.54, 1.807) is 6.20 Å². The number of aryl methyl sites for hydroxylation is 1. The van der Waals surface area contributed by atoms with Crippen molar-refractivity contribution in [2.24, 2.45) is 11.7 Å². The van der Waals surface area contributed by atoms with Crippen LogP contribution in [0, 0.1) is 12.8 Å². The summed E-state index contributed by atoms with van der Waals surface area (Å²) in [4.78, 5) is 16.3. The number of hydrogen-bond acceptors (Lipinski definition) is 4. The lowest BCUT2D eigenvalue weighted by molar-refractivity contribution is 0.0913. The molecule has 2 rings (SSSR count). The lowest BCUT2D eigenvalue weighted by Gasteiger charge is -2.16. The van der Waals surface area contributed by atoms with Crippen molar-refractivity contribution in [3.63, 3.8) is 0 Å². The number of Topliss-reactive ketones (excluding diaryl/α,β-unsaturated/α-hetero) is 1. The molecule has 1 heterocycles. The highest BCUT2D eigenvalue weighted by molar-refractivity contribution is 6.03. The molecule has 0 aliphatic heterocycles. The molecule has 4 N–H and O–H groups in total. The Labute approximate surface area is 95.0 Å². The quantitative estimate of drug-likeness (QED) is 0.734. The normalized spacial score (nSPS) is 24.6. The number of anilines is 1. The first-order valence-electron chi connectivity index (χ1n) is 5.62. The Bertz CT molecular complexity index is 396. The molecular weight excluding hydrogens is 202 g/mol. The van der Waals surface area contributed by atoms with Gasteiger partial charge in [-0.15, -0.1) is 0 Å². The number of nitrogen functional groups attached to an aromatic ring is 1. The molecule has 4 nitrogen and oxygen atoms in total. The minimum Gasteiger partial charge on any atom is -0.383 e. The molecule has 86 valence electrons. The molecule has 1 aliphatic rings. The number of hydrogen-bond donors (Lipinski definition) is 2. The zero-order valence-electron chi connectivity index (χ0n) is 9.44. The SMILES string of the molecule is Cc1ccnc(N)c1C(=O)C1CCCC1N. The van der Waals surface area contributed by atoms with E-state index in [2.05, 4.69) is 4.98 Å². The Kier molecular flexibility index (Phi) is 2.92. The van der Waals surface area contributed by atoms with Crippen molar-refractivity contribution >= 4 is 11.6 Å². The second-order valence-corrected chi connectivity index (χ2v) is 4.45. The molecule has 2 atom stereocenters. The third-order valence-corrected chi connectivity index (χ3v) is 3.34. The number of ketones is 1. The Balaban J connectivity index is 2.33. The third kappa shape index (κ3) is 1.80. The molecule has 1 aromatic heterocycles. The maximum atomic E-state index is 12.3. The molecule has 0 amide bonds. The molecule has 4 heteroatoms. The number of nitrogens with two attached hydrogens (primary N) is 2. The predicted molar refractivity (Wildman–Crippen MR) is 63.0 cm³/mol. The molecule has 1 saturated carbocycles. The summed E-state index contributed by atoms with van der Waals surface area (Å²) in [5.74, 6) is 0.308. The van der Waals surface area contributed by atoms with E-state index >= 15 is 0 Å². The van der Waals surface area contributed by atoms with Crippen LogP contribution in [0.15, 0.2) is 12.3 Å². The first-order chi connectivity index (χ1) is 7.61. The molecule has 16 heavy (non-hydrogen) atoms. The van der Waals surface area contributed by atoms with Crippen LogP contribution < -0.4 is 11.5 Å². The summed E-state index contributed by atoms with van der Waals surface area (Å²) in [6.45, 7) is 1.88. The van der Waals surface area contributed by atoms with Gasteiger partial charge in [0, 0.05) is 18.2 Å². The highest BCUT2D eigenvalue weighted by Crippen LogP contribution is 2.29. The lowest BCUT2D eigenvalue weighted by Crippen LogP contribution is -2.31. The molecular formula is C12H17N3O. The molecule has 2 unspecified atom stereocenters. The highest BCUT2D eigenvalue weighted by Gasteiger charge is 2.32. The van der Waals surface area contributed by atoms with Crippen molar-refractivity contribution in [1.82, 2.24) is 4.98 Å². The predicted octanol–water partition coefficient (Wildman–Crippen LogP) is 1.28. The van der Waals surface area contributed by atoms with E-state index < -0.39 is 0 Å². The number of aromatic nitrogens is 1. The van der Waals surface area contributed by atoms with Crippen molar-refractivity contribution in [3.8, 4) is 0 Å². The third-order valence-electron chi connectivity index (χ3n) is 3.34. The molecule has 0 spiro atoms. The lowest BCUT2D eigenvalue weighted by atomic mass is 9.91. The Morgan fingerprint density at radius 3 is 2.81 bits per heavy atom. The number of nitrogens with zero attached hydrogens (tertiary/aromatic N) is 1. The van der Waals surface area contributed by atoms with Crippen LogP contribution >= 0.6 is 0 Å². The standard InChI is InChI=1S/C12H17N3O/c1-7-5-6-15-12(14)10(7)11(16)8-3-2-4-9(8)13/h5-6,8-9H,2-4,13H2,1H3,(H2,14,15). The fourth-order valence-corrected chi connectivity index (χ4v) is 2.40. The number of carbonyl (C=O) groups excluding carboxylic acids is 1. The van der Waals surface area contributed by atoms with E-state index in [-0.39, 0.29) is 17.7 Å². The van der Waals surface area contributed by atoms with Crippen LogP contribution in [0.4, 0.5) is 5.82 Å². The highest BCUT2D eigenvalue weighted by atomic mass is 16.1. The Hall–Kier alpha value is -1.42. The van der Waals surface area contributed by atoms with Gasteiger partial charge in [0.25, 0.3) is 0 Å². The van der Waals surface area contributed by atoms with Crippen molar-refractivity contribution < 1.29 is 4.79 Å². The zero-order valence-corrected chi connectivity index (χ0v) is 9.44. The Morgan fingerprint density at radius 2 is 2.25 bits per heavy atom. The van der Waals surface area contributed by atoms with Crippen LogP contribution in [0.5, 0.6) is 0 Å². The maximum absolute atomic E-state index is 12.3. The monoisotopic (exact) mass is 219 g/mol. The molecule has 0 saturated heterocycles. The topological polar surface area (TPSA) is 82.0 Å². The fraction of sp³-hybridized carbons (Fsp3) is 0.500. The van der Waals surface area contributed by atoms with Crippen molar-refractivity contribution in [2.45, 2.75) is 32.2 Å². The van der Waals surface area contributed by atoms with Gasteiger partial charge in [0.1, 0.15) is 5.82 Å². The van der Waals surface area contributed by atoms with Gasteiger partial charge in [-0.05, 0) is 31.4 Å². The van der Waals surface area contributed by atoms with Crippen molar-refractivity contribution in [2.75, 3.05) is 5.73 Å². The van der Waals surface area contributed by atoms with Gasteiger partial charge < -0.3 is 11.5 Å². The average Bonchev–Trinajstić information content (AvgIpc) is 2.64. The average molecular weight is 219 g/mol. The van der Waals surface area contributed by atoms with Gasteiger partial charge in [-0.1, -0.05) is 6.42 Å². The maximum Gasteiger partial charge on any atom is 0.171 e. The second-order valence-electron chi connectivity index (χ2n) is 4.45. The van der Waals surface area contributed by atoms with Gasteiger partial charge in [0.15, 0.2) is 5.78 Å². The van der Waals surface area contributed by atoms with Crippen LogP contribution in [0.3, 0.4) is 0 Å². The van der Waals surface area contributed by atoms with E-state index in [1.807, 2.05) is 13.0 Å². The zero-order chi connectivity index (χ0) is 11.7. The summed E-state index contributed by atoms with van der Waals surface area (Å²) in [5, 5.41) is 0. The minimum absolute atomic E-state index is 0.0218. The molecule has 1 aromatic rings. The smallest absolute Gasteiger partial charge is 0.171 e. The van der Waals surface area contributed by atoms with E-state index in [0.717, 1.165) is 24.8 Å². The number of pyridine rings is 1. The largest absolute Gasteiger partial charge is 0.383 e. The number of carbonyl (C=O) groups is 1. The van der Waals surface area contributed by atoms with Gasteiger partial charge in [-0.2, -0.15) is 0 Å². The number of rotatable bonds is 2. The van der Waals surface area contributed by atoms with Gasteiger partial charge in [-0.25, -0.2) is 4.98 Å². The minimum atomic E-state index is -0.0785. The van der Waals surface area contributed by atoms with Crippen LogP contribution in [0.25, 0.3) is 0 Å². The van der Waals surface area contributed by atoms with E-state index in [9.17, 15) is 4.79 Å². The van der Waals surface area contributed by atoms with Crippen molar-refractivity contribution in [1.29, 1.82) is 0 Å². The first-order valence-corrected chi connectivity index (χ1v) is 5.62. The van der Waals surface area contributed by atoms with E-state index in [4.69, 9.17) is 11.5 Å². The molecule has 0 aromatic carbocycles. The first kappa shape index (κ1) is 11.1. The van der Waals surface area contributed by atoms with Crippen LogP contribution in [0.1, 0.15) is 35.2 Å². The van der Waals surface area contributed by atoms with Gasteiger partial charge in [-0.3, -0.25) is 4.79 Å². The van der Waals surface area contributed by atoms with Crippen molar-refractivity contribution in [3.05, 3.63) is 23.4 Å². The summed E-state index contributed by atoms with van der Waals surface area (Å²) >= 11 is 0. The van der Waals surface area contributed by atoms with Gasteiger partial charge >= 0.3 is 0 Å². The van der Waals surface area contributed by atoms with Crippen LogP contribution in [-0.4, -0.2) is 16.8 Å². The van der Waals surface area contributed by atoms with E-state index in [1.165, 1.54) is 0 Å².